The van der Waals surface area contributed by atoms with Gasteiger partial charge >= 0.3 is 0 Å². The minimum atomic E-state index is 0.209. The molecule has 0 unspecified atom stereocenters. The third kappa shape index (κ3) is 3.39. The predicted molar refractivity (Wildman–Crippen MR) is 86.0 cm³/mol. The van der Waals surface area contributed by atoms with Crippen LogP contribution in [-0.4, -0.2) is 29.9 Å². The van der Waals surface area contributed by atoms with Gasteiger partial charge in [0.2, 0.25) is 0 Å². The van der Waals surface area contributed by atoms with Crippen LogP contribution in [0, 0.1) is 0 Å². The molecule has 1 saturated heterocycles. The summed E-state index contributed by atoms with van der Waals surface area (Å²) >= 11 is 1.73. The first-order valence-corrected chi connectivity index (χ1v) is 8.25. The summed E-state index contributed by atoms with van der Waals surface area (Å²) in [6, 6.07) is 6.19. The normalized spacial score (nSPS) is 17.1. The number of thioether (sulfide) groups is 1. The fourth-order valence-electron chi connectivity index (χ4n) is 2.68. The fraction of sp³-hybridized carbons (Fsp3) is 0.533. The molecule has 1 aromatic carbocycles. The molecule has 110 valence electrons. The number of hydrogen-bond acceptors (Lipinski definition) is 4. The summed E-state index contributed by atoms with van der Waals surface area (Å²) in [5.41, 5.74) is 7.91. The molecule has 0 spiro atoms. The zero-order valence-electron chi connectivity index (χ0n) is 12.0. The van der Waals surface area contributed by atoms with Crippen LogP contribution in [0.25, 0.3) is 0 Å². The van der Waals surface area contributed by atoms with E-state index in [-0.39, 0.29) is 5.84 Å². The van der Waals surface area contributed by atoms with Crippen LogP contribution in [0.1, 0.15) is 38.2 Å². The van der Waals surface area contributed by atoms with Crippen LogP contribution >= 0.6 is 11.8 Å². The summed E-state index contributed by atoms with van der Waals surface area (Å²) in [4.78, 5) is 3.46. The quantitative estimate of drug-likeness (QED) is 0.294. The molecule has 20 heavy (non-hydrogen) atoms. The third-order valence-corrected chi connectivity index (χ3v) is 4.55. The van der Waals surface area contributed by atoms with E-state index in [1.807, 2.05) is 6.07 Å². The molecular formula is C15H23N3OS. The number of nitrogens with two attached hydrogens (primary N) is 1. The predicted octanol–water partition coefficient (Wildman–Crippen LogP) is 3.27. The average Bonchev–Trinajstić information content (AvgIpc) is 2.75. The van der Waals surface area contributed by atoms with Crippen LogP contribution in [0.5, 0.6) is 0 Å². The van der Waals surface area contributed by atoms with Crippen molar-refractivity contribution in [2.75, 3.05) is 23.7 Å². The summed E-state index contributed by atoms with van der Waals surface area (Å²) < 4.78 is 0. The van der Waals surface area contributed by atoms with Crippen molar-refractivity contribution in [2.24, 2.45) is 10.9 Å². The van der Waals surface area contributed by atoms with Gasteiger partial charge in [-0.1, -0.05) is 31.0 Å². The van der Waals surface area contributed by atoms with Gasteiger partial charge in [-0.25, -0.2) is 0 Å². The van der Waals surface area contributed by atoms with Gasteiger partial charge < -0.3 is 15.8 Å². The van der Waals surface area contributed by atoms with Crippen molar-refractivity contribution in [3.05, 3.63) is 23.8 Å². The monoisotopic (exact) mass is 293 g/mol. The second-order valence-corrected chi connectivity index (χ2v) is 6.28. The van der Waals surface area contributed by atoms with E-state index in [1.54, 1.807) is 11.8 Å². The van der Waals surface area contributed by atoms with E-state index in [9.17, 15) is 0 Å². The lowest BCUT2D eigenvalue weighted by atomic mass is 10.1. The third-order valence-electron chi connectivity index (χ3n) is 3.61. The zero-order valence-corrected chi connectivity index (χ0v) is 12.8. The molecule has 0 atom stereocenters. The molecule has 3 N–H and O–H groups in total. The van der Waals surface area contributed by atoms with Crippen LogP contribution < -0.4 is 10.6 Å². The molecule has 0 aliphatic carbocycles. The molecule has 2 rings (SSSR count). The molecule has 4 nitrogen and oxygen atoms in total. The second kappa shape index (κ2) is 7.43. The van der Waals surface area contributed by atoms with Crippen molar-refractivity contribution < 1.29 is 5.21 Å². The Bertz CT molecular complexity index is 468. The van der Waals surface area contributed by atoms with E-state index in [0.29, 0.717) is 0 Å². The Morgan fingerprint density at radius 3 is 2.60 bits per heavy atom. The van der Waals surface area contributed by atoms with Gasteiger partial charge in [0.05, 0.1) is 5.56 Å². The summed E-state index contributed by atoms with van der Waals surface area (Å²) in [6.07, 6.45) is 5.00. The van der Waals surface area contributed by atoms with E-state index in [2.05, 4.69) is 29.1 Å². The first-order chi connectivity index (χ1) is 9.77. The summed E-state index contributed by atoms with van der Waals surface area (Å²) in [7, 11) is 0. The summed E-state index contributed by atoms with van der Waals surface area (Å²) in [5.74, 6) is 1.18. The lowest BCUT2D eigenvalue weighted by molar-refractivity contribution is 0.318. The highest BCUT2D eigenvalue weighted by molar-refractivity contribution is 7.99. The first-order valence-electron chi connectivity index (χ1n) is 7.26. The SMILES string of the molecule is CCSc1cccc(N2CCCCCC2)c1/C(N)=N/O. The minimum Gasteiger partial charge on any atom is -0.409 e. The Labute approximate surface area is 125 Å². The Morgan fingerprint density at radius 2 is 2.00 bits per heavy atom. The molecule has 5 heteroatoms. The number of anilines is 1. The molecule has 1 aliphatic heterocycles. The van der Waals surface area contributed by atoms with Crippen molar-refractivity contribution in [3.8, 4) is 0 Å². The van der Waals surface area contributed by atoms with Gasteiger partial charge in [-0.05, 0) is 30.7 Å². The molecule has 0 saturated carbocycles. The van der Waals surface area contributed by atoms with Crippen LogP contribution in [0.15, 0.2) is 28.3 Å². The highest BCUT2D eigenvalue weighted by Gasteiger charge is 2.18. The Morgan fingerprint density at radius 1 is 1.30 bits per heavy atom. The zero-order chi connectivity index (χ0) is 14.4. The Kier molecular flexibility index (Phi) is 5.59. The van der Waals surface area contributed by atoms with E-state index < -0.39 is 0 Å². The Hall–Kier alpha value is -1.36. The average molecular weight is 293 g/mol. The van der Waals surface area contributed by atoms with E-state index in [4.69, 9.17) is 10.9 Å². The molecule has 1 aliphatic rings. The number of benzene rings is 1. The van der Waals surface area contributed by atoms with Gasteiger partial charge in [0.1, 0.15) is 0 Å². The summed E-state index contributed by atoms with van der Waals surface area (Å²) in [5, 5.41) is 12.3. The smallest absolute Gasteiger partial charge is 0.173 e. The topological polar surface area (TPSA) is 61.8 Å². The van der Waals surface area contributed by atoms with Crippen molar-refractivity contribution in [3.63, 3.8) is 0 Å². The highest BCUT2D eigenvalue weighted by Crippen LogP contribution is 2.32. The van der Waals surface area contributed by atoms with Crippen LogP contribution in [0.2, 0.25) is 0 Å². The second-order valence-electron chi connectivity index (χ2n) is 4.97. The van der Waals surface area contributed by atoms with Crippen molar-refractivity contribution >= 4 is 23.3 Å². The van der Waals surface area contributed by atoms with Gasteiger partial charge in [-0.3, -0.25) is 0 Å². The lowest BCUT2D eigenvalue weighted by Crippen LogP contribution is -2.28. The molecule has 1 fully saturated rings. The van der Waals surface area contributed by atoms with Crippen molar-refractivity contribution in [2.45, 2.75) is 37.5 Å². The maximum absolute atomic E-state index is 9.09. The molecule has 0 aromatic heterocycles. The van der Waals surface area contributed by atoms with Crippen molar-refractivity contribution in [1.29, 1.82) is 0 Å². The minimum absolute atomic E-state index is 0.209. The maximum Gasteiger partial charge on any atom is 0.173 e. The fourth-order valence-corrected chi connectivity index (χ4v) is 3.52. The van der Waals surface area contributed by atoms with E-state index in [0.717, 1.165) is 35.0 Å². The number of hydrogen-bond donors (Lipinski definition) is 2. The lowest BCUT2D eigenvalue weighted by Gasteiger charge is -2.26. The number of amidine groups is 1. The van der Waals surface area contributed by atoms with E-state index >= 15 is 0 Å². The highest BCUT2D eigenvalue weighted by atomic mass is 32.2. The molecule has 0 radical (unpaired) electrons. The number of oxime groups is 1. The number of rotatable bonds is 4. The standard InChI is InChI=1S/C15H23N3OS/c1-2-20-13-9-7-8-12(14(13)15(16)17-19)18-10-5-3-4-6-11-18/h7-9,19H,2-6,10-11H2,1H3,(H2,16,17). The van der Waals surface area contributed by atoms with Gasteiger partial charge in [0.15, 0.2) is 5.84 Å². The first kappa shape index (κ1) is 15.0. The molecule has 1 aromatic rings. The Balaban J connectivity index is 2.42. The molecule has 0 amide bonds. The largest absolute Gasteiger partial charge is 0.409 e. The molecule has 1 heterocycles. The molecule has 0 bridgehead atoms. The van der Waals surface area contributed by atoms with Crippen molar-refractivity contribution in [1.82, 2.24) is 0 Å². The van der Waals surface area contributed by atoms with Crippen LogP contribution in [0.3, 0.4) is 0 Å². The maximum atomic E-state index is 9.09. The molecular weight excluding hydrogens is 270 g/mol. The number of nitrogens with zero attached hydrogens (tertiary/aromatic N) is 2. The van der Waals surface area contributed by atoms with Gasteiger partial charge in [0.25, 0.3) is 0 Å². The van der Waals surface area contributed by atoms with Gasteiger partial charge in [-0.15, -0.1) is 11.8 Å². The van der Waals surface area contributed by atoms with Crippen LogP contribution in [0.4, 0.5) is 5.69 Å². The summed E-state index contributed by atoms with van der Waals surface area (Å²) in [6.45, 7) is 4.21. The van der Waals surface area contributed by atoms with E-state index in [1.165, 1.54) is 25.7 Å². The van der Waals surface area contributed by atoms with Crippen LogP contribution in [-0.2, 0) is 0 Å². The van der Waals surface area contributed by atoms with Gasteiger partial charge in [0, 0.05) is 23.7 Å². The van der Waals surface area contributed by atoms with Gasteiger partial charge in [-0.2, -0.15) is 0 Å².